The number of amides is 1. The maximum Gasteiger partial charge on any atom is 0.351 e. The molecule has 0 radical (unpaired) electrons. The van der Waals surface area contributed by atoms with E-state index in [1.54, 1.807) is 36.4 Å². The van der Waals surface area contributed by atoms with E-state index in [0.717, 1.165) is 9.25 Å². The second-order valence-corrected chi connectivity index (χ2v) is 6.78. The molecule has 0 fully saturated rings. The van der Waals surface area contributed by atoms with Crippen molar-refractivity contribution in [2.45, 2.75) is 12.8 Å². The molecule has 0 unspecified atom stereocenters. The lowest BCUT2D eigenvalue weighted by molar-refractivity contribution is -0.116. The first-order valence-corrected chi connectivity index (χ1v) is 9.57. The minimum Gasteiger partial charge on any atom is -0.339 e. The van der Waals surface area contributed by atoms with Gasteiger partial charge in [0.1, 0.15) is 5.82 Å². The van der Waals surface area contributed by atoms with Crippen molar-refractivity contribution in [1.29, 1.82) is 0 Å². The molecule has 0 saturated heterocycles. The predicted molar refractivity (Wildman–Crippen MR) is 112 cm³/mol. The van der Waals surface area contributed by atoms with Crippen LogP contribution >= 0.6 is 0 Å². The van der Waals surface area contributed by atoms with Crippen LogP contribution in [0, 0.1) is 5.82 Å². The summed E-state index contributed by atoms with van der Waals surface area (Å²) in [7, 11) is 1.32. The quantitative estimate of drug-likeness (QED) is 0.488. The van der Waals surface area contributed by atoms with Crippen LogP contribution in [0.5, 0.6) is 0 Å². The van der Waals surface area contributed by atoms with Gasteiger partial charge in [0.15, 0.2) is 5.69 Å². The first kappa shape index (κ1) is 20.8. The van der Waals surface area contributed by atoms with Gasteiger partial charge in [-0.3, -0.25) is 14.2 Å². The highest BCUT2D eigenvalue weighted by Gasteiger charge is 2.19. The number of carbonyl (C=O) groups is 1. The van der Waals surface area contributed by atoms with Gasteiger partial charge < -0.3 is 9.84 Å². The smallest absolute Gasteiger partial charge is 0.339 e. The van der Waals surface area contributed by atoms with Gasteiger partial charge in [0.2, 0.25) is 17.6 Å². The number of rotatable bonds is 6. The minimum absolute atomic E-state index is 0.0507. The Morgan fingerprint density at radius 3 is 2.56 bits per heavy atom. The van der Waals surface area contributed by atoms with E-state index in [9.17, 15) is 18.8 Å². The van der Waals surface area contributed by atoms with Crippen LogP contribution in [0.3, 0.4) is 0 Å². The molecule has 4 rings (SSSR count). The van der Waals surface area contributed by atoms with E-state index in [4.69, 9.17) is 4.52 Å². The Morgan fingerprint density at radius 2 is 1.81 bits per heavy atom. The number of para-hydroxylation sites is 2. The number of nitrogens with zero attached hydrogens (tertiary/aromatic N) is 5. The fourth-order valence-electron chi connectivity index (χ4n) is 2.90. The van der Waals surface area contributed by atoms with Crippen LogP contribution < -0.4 is 16.6 Å². The van der Waals surface area contributed by atoms with Crippen molar-refractivity contribution in [3.8, 4) is 17.2 Å². The molecule has 1 N–H and O–H groups in total. The highest BCUT2D eigenvalue weighted by Crippen LogP contribution is 2.14. The highest BCUT2D eigenvalue weighted by molar-refractivity contribution is 5.90. The Labute approximate surface area is 179 Å². The zero-order chi connectivity index (χ0) is 22.7. The Morgan fingerprint density at radius 1 is 1.09 bits per heavy atom. The fourth-order valence-corrected chi connectivity index (χ4v) is 2.90. The number of nitrogens with one attached hydrogen (secondary N) is 1. The van der Waals surface area contributed by atoms with Crippen molar-refractivity contribution in [2.24, 2.45) is 7.05 Å². The third kappa shape index (κ3) is 4.21. The molecule has 0 spiro atoms. The predicted octanol–water partition coefficient (Wildman–Crippen LogP) is 1.69. The number of aromatic nitrogens is 5. The number of anilines is 1. The lowest BCUT2D eigenvalue weighted by atomic mass is 10.2. The molecule has 0 aliphatic carbocycles. The van der Waals surface area contributed by atoms with E-state index in [1.165, 1.54) is 25.2 Å². The summed E-state index contributed by atoms with van der Waals surface area (Å²) < 4.78 is 20.7. The maximum atomic E-state index is 13.6. The Bertz CT molecular complexity index is 1390. The van der Waals surface area contributed by atoms with Gasteiger partial charge in [-0.2, -0.15) is 14.8 Å². The average Bonchev–Trinajstić information content (AvgIpc) is 3.27. The fraction of sp³-hybridized carbons (Fsp3) is 0.143. The highest BCUT2D eigenvalue weighted by atomic mass is 19.1. The summed E-state index contributed by atoms with van der Waals surface area (Å²) in [5.74, 6) is -1.01. The van der Waals surface area contributed by atoms with Gasteiger partial charge in [0.05, 0.1) is 11.4 Å². The topological polar surface area (TPSA) is 125 Å². The molecule has 2 aromatic heterocycles. The molecule has 0 bridgehead atoms. The van der Waals surface area contributed by atoms with E-state index >= 15 is 0 Å². The second kappa shape index (κ2) is 8.76. The normalized spacial score (nSPS) is 10.8. The van der Waals surface area contributed by atoms with Crippen LogP contribution in [-0.2, 0) is 18.3 Å². The van der Waals surface area contributed by atoms with Crippen molar-refractivity contribution in [1.82, 2.24) is 24.5 Å². The zero-order valence-electron chi connectivity index (χ0n) is 16.9. The molecule has 0 aliphatic rings. The summed E-state index contributed by atoms with van der Waals surface area (Å²) in [4.78, 5) is 41.2. The Balaban J connectivity index is 1.54. The van der Waals surface area contributed by atoms with Gasteiger partial charge in [-0.25, -0.2) is 9.18 Å². The van der Waals surface area contributed by atoms with E-state index in [-0.39, 0.29) is 35.9 Å². The molecule has 1 amide bonds. The summed E-state index contributed by atoms with van der Waals surface area (Å²) in [6.07, 6.45) is 0.0108. The summed E-state index contributed by atoms with van der Waals surface area (Å²) in [5.41, 5.74) is -0.963. The van der Waals surface area contributed by atoms with E-state index in [1.807, 2.05) is 0 Å². The number of halogens is 1. The first-order chi connectivity index (χ1) is 15.4. The van der Waals surface area contributed by atoms with Crippen LogP contribution in [0.25, 0.3) is 17.2 Å². The van der Waals surface area contributed by atoms with Crippen molar-refractivity contribution < 1.29 is 13.7 Å². The summed E-state index contributed by atoms with van der Waals surface area (Å²) in [6.45, 7) is 0. The van der Waals surface area contributed by atoms with Gasteiger partial charge in [0.25, 0.3) is 5.56 Å². The largest absolute Gasteiger partial charge is 0.351 e. The molecule has 162 valence electrons. The van der Waals surface area contributed by atoms with Crippen molar-refractivity contribution >= 4 is 11.6 Å². The Kier molecular flexibility index (Phi) is 5.71. The van der Waals surface area contributed by atoms with Crippen molar-refractivity contribution in [3.05, 3.63) is 87.1 Å². The van der Waals surface area contributed by atoms with E-state index in [0.29, 0.717) is 5.69 Å². The molecule has 0 aliphatic heterocycles. The monoisotopic (exact) mass is 436 g/mol. The van der Waals surface area contributed by atoms with Gasteiger partial charge in [0, 0.05) is 19.9 Å². The average molecular weight is 436 g/mol. The molecule has 0 saturated carbocycles. The summed E-state index contributed by atoms with van der Waals surface area (Å²) in [6, 6.07) is 14.4. The van der Waals surface area contributed by atoms with Gasteiger partial charge >= 0.3 is 5.69 Å². The maximum absolute atomic E-state index is 13.6. The standard InChI is InChI=1S/C21H17FN6O4/c1-27-20(30)18(25-28(21(27)31)13-7-3-2-4-8-13)19-24-17(32-26-19)12-11-16(29)23-15-10-6-5-9-14(15)22/h2-10H,11-12H2,1H3,(H,23,29). The molecule has 2 aromatic carbocycles. The third-order valence-electron chi connectivity index (χ3n) is 4.57. The SMILES string of the molecule is Cn1c(=O)c(-c2noc(CCC(=O)Nc3ccccc3F)n2)nn(-c2ccccc2)c1=O. The number of benzene rings is 2. The Hall–Kier alpha value is -4.41. The van der Waals surface area contributed by atoms with Crippen LogP contribution in [0.15, 0.2) is 68.7 Å². The molecule has 10 nitrogen and oxygen atoms in total. The molecule has 0 atom stereocenters. The second-order valence-electron chi connectivity index (χ2n) is 6.78. The van der Waals surface area contributed by atoms with E-state index < -0.39 is 23.0 Å². The van der Waals surface area contributed by atoms with Crippen LogP contribution in [-0.4, -0.2) is 30.4 Å². The van der Waals surface area contributed by atoms with Crippen LogP contribution in [0.1, 0.15) is 12.3 Å². The number of hydrogen-bond donors (Lipinski definition) is 1. The lowest BCUT2D eigenvalue weighted by Gasteiger charge is -2.07. The minimum atomic E-state index is -0.688. The molecule has 2 heterocycles. The molecule has 4 aromatic rings. The van der Waals surface area contributed by atoms with Crippen molar-refractivity contribution in [3.63, 3.8) is 0 Å². The lowest BCUT2D eigenvalue weighted by Crippen LogP contribution is -2.40. The molecule has 11 heteroatoms. The first-order valence-electron chi connectivity index (χ1n) is 9.57. The van der Waals surface area contributed by atoms with Crippen LogP contribution in [0.2, 0.25) is 0 Å². The van der Waals surface area contributed by atoms with Gasteiger partial charge in [-0.05, 0) is 24.3 Å². The zero-order valence-corrected chi connectivity index (χ0v) is 16.9. The van der Waals surface area contributed by atoms with Crippen LogP contribution in [0.4, 0.5) is 10.1 Å². The summed E-state index contributed by atoms with van der Waals surface area (Å²) in [5, 5.41) is 10.3. The molecular formula is C21H17FN6O4. The number of hydrogen-bond acceptors (Lipinski definition) is 7. The third-order valence-corrected chi connectivity index (χ3v) is 4.57. The number of carbonyl (C=O) groups excluding carboxylic acids is 1. The summed E-state index contributed by atoms with van der Waals surface area (Å²) >= 11 is 0. The van der Waals surface area contributed by atoms with E-state index in [2.05, 4.69) is 20.6 Å². The van der Waals surface area contributed by atoms with Gasteiger partial charge in [-0.1, -0.05) is 35.5 Å². The van der Waals surface area contributed by atoms with Gasteiger partial charge in [-0.15, -0.1) is 0 Å². The van der Waals surface area contributed by atoms with Crippen molar-refractivity contribution in [2.75, 3.05) is 5.32 Å². The molecule has 32 heavy (non-hydrogen) atoms. The number of aryl methyl sites for hydroxylation is 1. The molecular weight excluding hydrogens is 419 g/mol.